The van der Waals surface area contributed by atoms with Crippen molar-refractivity contribution in [2.75, 3.05) is 5.32 Å². The lowest BCUT2D eigenvalue weighted by molar-refractivity contribution is -0.131. The number of fused-ring (bicyclic) bond motifs is 1. The number of hydrogen-bond donors (Lipinski definition) is 1. The van der Waals surface area contributed by atoms with Crippen LogP contribution in [0.15, 0.2) is 36.4 Å². The highest BCUT2D eigenvalue weighted by atomic mass is 32.1. The largest absolute Gasteiger partial charge is 0.424 e. The average molecular weight is 340 g/mol. The van der Waals surface area contributed by atoms with Crippen LogP contribution in [0.3, 0.4) is 0 Å². The van der Waals surface area contributed by atoms with Crippen molar-refractivity contribution in [2.45, 2.75) is 20.8 Å². The number of carbonyl (C=O) groups is 2. The second-order valence-electron chi connectivity index (χ2n) is 5.43. The van der Waals surface area contributed by atoms with E-state index < -0.39 is 0 Å². The maximum absolute atomic E-state index is 11.2. The van der Waals surface area contributed by atoms with Gasteiger partial charge in [0.15, 0.2) is 5.75 Å². The van der Waals surface area contributed by atoms with Gasteiger partial charge in [0, 0.05) is 25.1 Å². The van der Waals surface area contributed by atoms with Crippen molar-refractivity contribution >= 4 is 39.1 Å². The summed E-state index contributed by atoms with van der Waals surface area (Å²) in [7, 11) is 0. The molecule has 0 saturated carbocycles. The van der Waals surface area contributed by atoms with Crippen LogP contribution in [0.25, 0.3) is 20.8 Å². The van der Waals surface area contributed by atoms with Crippen LogP contribution < -0.4 is 10.1 Å². The zero-order valence-corrected chi connectivity index (χ0v) is 14.4. The Hall–Kier alpha value is -2.73. The Kier molecular flexibility index (Phi) is 4.31. The molecule has 0 saturated heterocycles. The molecule has 122 valence electrons. The Balaban J connectivity index is 2.02. The molecule has 24 heavy (non-hydrogen) atoms. The topological polar surface area (TPSA) is 68.3 Å². The number of hydrogen-bond acceptors (Lipinski definition) is 5. The first-order valence-electron chi connectivity index (χ1n) is 7.40. The molecular formula is C18H16N2O3S. The molecule has 0 spiro atoms. The van der Waals surface area contributed by atoms with E-state index in [1.807, 2.05) is 37.3 Å². The van der Waals surface area contributed by atoms with Crippen molar-refractivity contribution < 1.29 is 14.3 Å². The number of aromatic nitrogens is 1. The highest BCUT2D eigenvalue weighted by Crippen LogP contribution is 2.35. The van der Waals surface area contributed by atoms with Gasteiger partial charge in [-0.25, -0.2) is 4.98 Å². The standard InChI is InChI=1S/C18H16N2O3S/c1-10-9-13(7-8-14(10)19-11(2)21)18-20-17-15(23-12(3)22)5-4-6-16(17)24-18/h4-9H,1-3H3,(H,19,21). The molecule has 3 aromatic rings. The van der Waals surface area contributed by atoms with Crippen LogP contribution in [0.1, 0.15) is 19.4 Å². The van der Waals surface area contributed by atoms with Crippen molar-refractivity contribution in [1.29, 1.82) is 0 Å². The van der Waals surface area contributed by atoms with Crippen LogP contribution >= 0.6 is 11.3 Å². The smallest absolute Gasteiger partial charge is 0.308 e. The molecule has 0 radical (unpaired) electrons. The van der Waals surface area contributed by atoms with Crippen molar-refractivity contribution in [3.63, 3.8) is 0 Å². The first-order valence-corrected chi connectivity index (χ1v) is 8.22. The highest BCUT2D eigenvalue weighted by Gasteiger charge is 2.13. The molecule has 0 atom stereocenters. The molecule has 0 aliphatic rings. The number of nitrogens with one attached hydrogen (secondary N) is 1. The number of thiazole rings is 1. The number of nitrogens with zero attached hydrogens (tertiary/aromatic N) is 1. The predicted octanol–water partition coefficient (Wildman–Crippen LogP) is 4.16. The highest BCUT2D eigenvalue weighted by molar-refractivity contribution is 7.21. The van der Waals surface area contributed by atoms with E-state index in [-0.39, 0.29) is 11.9 Å². The Morgan fingerprint density at radius 3 is 2.62 bits per heavy atom. The summed E-state index contributed by atoms with van der Waals surface area (Å²) in [6.45, 7) is 4.79. The van der Waals surface area contributed by atoms with E-state index in [2.05, 4.69) is 10.3 Å². The zero-order chi connectivity index (χ0) is 17.3. The summed E-state index contributed by atoms with van der Waals surface area (Å²) in [5.74, 6) is -0.00139. The number of esters is 1. The fourth-order valence-electron chi connectivity index (χ4n) is 2.41. The lowest BCUT2D eigenvalue weighted by Gasteiger charge is -2.07. The summed E-state index contributed by atoms with van der Waals surface area (Å²) < 4.78 is 6.17. The van der Waals surface area contributed by atoms with Crippen LogP contribution in [0.2, 0.25) is 0 Å². The summed E-state index contributed by atoms with van der Waals surface area (Å²) >= 11 is 1.53. The minimum atomic E-state index is -0.368. The molecule has 0 fully saturated rings. The summed E-state index contributed by atoms with van der Waals surface area (Å²) in [5, 5.41) is 3.63. The van der Waals surface area contributed by atoms with E-state index in [0.29, 0.717) is 11.3 Å². The van der Waals surface area contributed by atoms with Gasteiger partial charge in [0.1, 0.15) is 10.5 Å². The molecule has 5 nitrogen and oxygen atoms in total. The van der Waals surface area contributed by atoms with Crippen LogP contribution in [-0.4, -0.2) is 16.9 Å². The van der Waals surface area contributed by atoms with Crippen molar-refractivity contribution in [2.24, 2.45) is 0 Å². The van der Waals surface area contributed by atoms with E-state index in [9.17, 15) is 9.59 Å². The van der Waals surface area contributed by atoms with Gasteiger partial charge in [-0.3, -0.25) is 9.59 Å². The summed E-state index contributed by atoms with van der Waals surface area (Å²) in [5.41, 5.74) is 3.38. The van der Waals surface area contributed by atoms with Gasteiger partial charge in [0.2, 0.25) is 5.91 Å². The van der Waals surface area contributed by atoms with Gasteiger partial charge >= 0.3 is 5.97 Å². The van der Waals surface area contributed by atoms with Crippen LogP contribution in [0.4, 0.5) is 5.69 Å². The second-order valence-corrected chi connectivity index (χ2v) is 6.46. The molecule has 1 N–H and O–H groups in total. The third-order valence-electron chi connectivity index (χ3n) is 3.42. The molecule has 6 heteroatoms. The van der Waals surface area contributed by atoms with E-state index >= 15 is 0 Å². The van der Waals surface area contributed by atoms with Crippen molar-refractivity contribution in [3.8, 4) is 16.3 Å². The van der Waals surface area contributed by atoms with Crippen molar-refractivity contribution in [3.05, 3.63) is 42.0 Å². The van der Waals surface area contributed by atoms with Gasteiger partial charge in [-0.1, -0.05) is 6.07 Å². The van der Waals surface area contributed by atoms with E-state index in [1.54, 1.807) is 6.07 Å². The first kappa shape index (κ1) is 16.1. The Morgan fingerprint density at radius 2 is 1.96 bits per heavy atom. The molecule has 1 aromatic heterocycles. The number of rotatable bonds is 3. The maximum atomic E-state index is 11.2. The minimum absolute atomic E-state index is 0.100. The Labute approximate surface area is 143 Å². The zero-order valence-electron chi connectivity index (χ0n) is 13.5. The number of para-hydroxylation sites is 1. The number of benzene rings is 2. The summed E-state index contributed by atoms with van der Waals surface area (Å²) in [4.78, 5) is 27.0. The van der Waals surface area contributed by atoms with Gasteiger partial charge in [0.25, 0.3) is 0 Å². The van der Waals surface area contributed by atoms with Crippen LogP contribution in [0.5, 0.6) is 5.75 Å². The number of anilines is 1. The first-order chi connectivity index (χ1) is 11.4. The fourth-order valence-corrected chi connectivity index (χ4v) is 3.39. The molecule has 1 amide bonds. The van der Waals surface area contributed by atoms with Gasteiger partial charge in [-0.15, -0.1) is 11.3 Å². The lowest BCUT2D eigenvalue weighted by Crippen LogP contribution is -2.06. The van der Waals surface area contributed by atoms with E-state index in [0.717, 1.165) is 26.5 Å². The average Bonchev–Trinajstić information content (AvgIpc) is 2.93. The Morgan fingerprint density at radius 1 is 1.17 bits per heavy atom. The molecule has 0 aliphatic carbocycles. The molecule has 3 rings (SSSR count). The van der Waals surface area contributed by atoms with E-state index in [1.165, 1.54) is 25.2 Å². The predicted molar refractivity (Wildman–Crippen MR) is 95.4 cm³/mol. The molecule has 0 unspecified atom stereocenters. The third-order valence-corrected chi connectivity index (χ3v) is 4.49. The molecular weight excluding hydrogens is 324 g/mol. The van der Waals surface area contributed by atoms with Gasteiger partial charge in [0.05, 0.1) is 4.70 Å². The normalized spacial score (nSPS) is 10.6. The lowest BCUT2D eigenvalue weighted by atomic mass is 10.1. The van der Waals surface area contributed by atoms with Crippen LogP contribution in [0, 0.1) is 6.92 Å². The quantitative estimate of drug-likeness (QED) is 0.574. The summed E-state index contributed by atoms with van der Waals surface area (Å²) in [6.07, 6.45) is 0. The maximum Gasteiger partial charge on any atom is 0.308 e. The van der Waals surface area contributed by atoms with Crippen LogP contribution in [-0.2, 0) is 9.59 Å². The summed E-state index contributed by atoms with van der Waals surface area (Å²) in [6, 6.07) is 11.3. The van der Waals surface area contributed by atoms with E-state index in [4.69, 9.17) is 4.74 Å². The molecule has 0 bridgehead atoms. The molecule has 0 aliphatic heterocycles. The van der Waals surface area contributed by atoms with Gasteiger partial charge in [-0.05, 0) is 42.8 Å². The number of carbonyl (C=O) groups excluding carboxylic acids is 2. The number of amides is 1. The molecule has 1 heterocycles. The number of aryl methyl sites for hydroxylation is 1. The monoisotopic (exact) mass is 340 g/mol. The SMILES string of the molecule is CC(=O)Nc1ccc(-c2nc3c(OC(C)=O)cccc3s2)cc1C. The number of ether oxygens (including phenoxy) is 1. The van der Waals surface area contributed by atoms with Gasteiger partial charge in [-0.2, -0.15) is 0 Å². The van der Waals surface area contributed by atoms with Gasteiger partial charge < -0.3 is 10.1 Å². The molecule has 2 aromatic carbocycles. The Bertz CT molecular complexity index is 947. The van der Waals surface area contributed by atoms with Crippen molar-refractivity contribution in [1.82, 2.24) is 4.98 Å². The fraction of sp³-hybridized carbons (Fsp3) is 0.167. The second kappa shape index (κ2) is 6.41. The minimum Gasteiger partial charge on any atom is -0.424 e. The third kappa shape index (κ3) is 3.28.